The Labute approximate surface area is 184 Å². The van der Waals surface area contributed by atoms with Crippen LogP contribution in [0, 0.1) is 0 Å². The highest BCUT2D eigenvalue weighted by molar-refractivity contribution is 7.80. The van der Waals surface area contributed by atoms with Crippen molar-refractivity contribution in [3.05, 3.63) is 71.4 Å². The van der Waals surface area contributed by atoms with Gasteiger partial charge in [-0.25, -0.2) is 0 Å². The van der Waals surface area contributed by atoms with Crippen LogP contribution in [0.2, 0.25) is 0 Å². The number of hydrogen-bond acceptors (Lipinski definition) is 3. The Balaban J connectivity index is 1.97. The first-order valence-corrected chi connectivity index (χ1v) is 10.9. The van der Waals surface area contributed by atoms with Gasteiger partial charge in [0.1, 0.15) is 0 Å². The monoisotopic (exact) mass is 422 g/mol. The molecule has 1 amide bonds. The van der Waals surface area contributed by atoms with Crippen molar-refractivity contribution in [2.45, 2.75) is 33.7 Å². The number of hydrogen-bond donors (Lipinski definition) is 2. The van der Waals surface area contributed by atoms with Crippen LogP contribution in [-0.4, -0.2) is 30.7 Å². The minimum absolute atomic E-state index is 0.0264. The summed E-state index contributed by atoms with van der Waals surface area (Å²) in [5.74, 6) is -0.0264. The second kappa shape index (κ2) is 9.76. The zero-order valence-electron chi connectivity index (χ0n) is 18.1. The molecule has 30 heavy (non-hydrogen) atoms. The molecule has 0 saturated carbocycles. The van der Waals surface area contributed by atoms with E-state index >= 15 is 0 Å². The Morgan fingerprint density at radius 3 is 2.13 bits per heavy atom. The van der Waals surface area contributed by atoms with E-state index < -0.39 is 0 Å². The van der Waals surface area contributed by atoms with Crippen molar-refractivity contribution >= 4 is 34.6 Å². The smallest absolute Gasteiger partial charge is 0.258 e. The first kappa shape index (κ1) is 21.8. The number of amides is 1. The summed E-state index contributed by atoms with van der Waals surface area (Å²) in [6, 6.07) is 17.9. The molecule has 3 rings (SSSR count). The van der Waals surface area contributed by atoms with Gasteiger partial charge in [-0.2, -0.15) is 0 Å². The van der Waals surface area contributed by atoms with Crippen LogP contribution in [0.4, 0.5) is 11.4 Å². The molecule has 2 aromatic carbocycles. The molecule has 0 radical (unpaired) electrons. The van der Waals surface area contributed by atoms with Crippen LogP contribution in [0.3, 0.4) is 0 Å². The SMILES string of the molecule is CCN(CC)c1ccc(C2NC(=S)NC(C)=C2C(=O)N(CC)c2ccccc2)cc1. The summed E-state index contributed by atoms with van der Waals surface area (Å²) in [6.07, 6.45) is 0. The van der Waals surface area contributed by atoms with Crippen LogP contribution in [-0.2, 0) is 4.79 Å². The van der Waals surface area contributed by atoms with Crippen molar-refractivity contribution in [1.29, 1.82) is 0 Å². The highest BCUT2D eigenvalue weighted by Crippen LogP contribution is 2.31. The molecule has 6 heteroatoms. The molecule has 0 spiro atoms. The minimum Gasteiger partial charge on any atom is -0.372 e. The number of nitrogens with one attached hydrogen (secondary N) is 2. The van der Waals surface area contributed by atoms with Gasteiger partial charge in [0.25, 0.3) is 5.91 Å². The second-order valence-electron chi connectivity index (χ2n) is 7.22. The summed E-state index contributed by atoms with van der Waals surface area (Å²) in [5, 5.41) is 6.97. The van der Waals surface area contributed by atoms with E-state index in [2.05, 4.69) is 53.6 Å². The van der Waals surface area contributed by atoms with E-state index in [9.17, 15) is 4.79 Å². The molecule has 0 aromatic heterocycles. The van der Waals surface area contributed by atoms with Gasteiger partial charge in [-0.1, -0.05) is 30.3 Å². The Morgan fingerprint density at radius 1 is 0.933 bits per heavy atom. The normalized spacial score (nSPS) is 16.0. The average Bonchev–Trinajstić information content (AvgIpc) is 2.76. The molecule has 158 valence electrons. The number of allylic oxidation sites excluding steroid dienone is 1. The van der Waals surface area contributed by atoms with Gasteiger partial charge in [0.15, 0.2) is 5.11 Å². The van der Waals surface area contributed by atoms with Crippen LogP contribution in [0.5, 0.6) is 0 Å². The molecule has 0 bridgehead atoms. The number of anilines is 2. The van der Waals surface area contributed by atoms with Gasteiger partial charge in [-0.3, -0.25) is 4.79 Å². The predicted molar refractivity (Wildman–Crippen MR) is 129 cm³/mol. The van der Waals surface area contributed by atoms with E-state index in [1.54, 1.807) is 4.90 Å². The number of carbonyl (C=O) groups is 1. The number of benzene rings is 2. The van der Waals surface area contributed by atoms with E-state index in [-0.39, 0.29) is 11.9 Å². The molecular weight excluding hydrogens is 392 g/mol. The third kappa shape index (κ3) is 4.49. The first-order chi connectivity index (χ1) is 14.5. The number of para-hydroxylation sites is 1. The third-order valence-corrected chi connectivity index (χ3v) is 5.70. The van der Waals surface area contributed by atoms with Crippen molar-refractivity contribution in [1.82, 2.24) is 10.6 Å². The Kier molecular flexibility index (Phi) is 7.11. The van der Waals surface area contributed by atoms with Gasteiger partial charge in [0.05, 0.1) is 11.6 Å². The maximum absolute atomic E-state index is 13.6. The average molecular weight is 423 g/mol. The maximum atomic E-state index is 13.6. The quantitative estimate of drug-likeness (QED) is 0.649. The summed E-state index contributed by atoms with van der Waals surface area (Å²) in [5.41, 5.74) is 4.55. The van der Waals surface area contributed by atoms with E-state index in [0.29, 0.717) is 17.2 Å². The molecule has 0 fully saturated rings. The first-order valence-electron chi connectivity index (χ1n) is 10.5. The molecule has 0 saturated heterocycles. The Bertz CT molecular complexity index is 920. The number of thiocarbonyl (C=S) groups is 1. The van der Waals surface area contributed by atoms with Crippen LogP contribution in [0.15, 0.2) is 65.9 Å². The zero-order chi connectivity index (χ0) is 21.7. The van der Waals surface area contributed by atoms with Crippen molar-refractivity contribution in [3.63, 3.8) is 0 Å². The van der Waals surface area contributed by atoms with Crippen LogP contribution in [0.25, 0.3) is 0 Å². The van der Waals surface area contributed by atoms with Gasteiger partial charge in [-0.05, 0) is 69.7 Å². The fraction of sp³-hybridized carbons (Fsp3) is 0.333. The summed E-state index contributed by atoms with van der Waals surface area (Å²) in [6.45, 7) is 10.7. The van der Waals surface area contributed by atoms with Crippen molar-refractivity contribution in [3.8, 4) is 0 Å². The largest absolute Gasteiger partial charge is 0.372 e. The van der Waals surface area contributed by atoms with Gasteiger partial charge >= 0.3 is 0 Å². The summed E-state index contributed by atoms with van der Waals surface area (Å²) < 4.78 is 0. The molecule has 2 aromatic rings. The fourth-order valence-electron chi connectivity index (χ4n) is 3.89. The fourth-order valence-corrected chi connectivity index (χ4v) is 4.16. The molecule has 1 aliphatic heterocycles. The van der Waals surface area contributed by atoms with Crippen molar-refractivity contribution < 1.29 is 4.79 Å². The van der Waals surface area contributed by atoms with Gasteiger partial charge in [-0.15, -0.1) is 0 Å². The molecule has 1 atom stereocenters. The summed E-state index contributed by atoms with van der Waals surface area (Å²) in [7, 11) is 0. The summed E-state index contributed by atoms with van der Waals surface area (Å²) >= 11 is 5.40. The molecule has 1 aliphatic rings. The topological polar surface area (TPSA) is 47.6 Å². The van der Waals surface area contributed by atoms with Crippen LogP contribution >= 0.6 is 12.2 Å². The molecule has 1 heterocycles. The number of nitrogens with zero attached hydrogens (tertiary/aromatic N) is 2. The number of rotatable bonds is 7. The van der Waals surface area contributed by atoms with E-state index in [1.807, 2.05) is 44.2 Å². The van der Waals surface area contributed by atoms with E-state index in [4.69, 9.17) is 12.2 Å². The van der Waals surface area contributed by atoms with Gasteiger partial charge < -0.3 is 20.4 Å². The number of likely N-dealkylation sites (N-methyl/N-ethyl adjacent to an activating group) is 1. The lowest BCUT2D eigenvalue weighted by atomic mass is 9.94. The van der Waals surface area contributed by atoms with E-state index in [1.165, 1.54) is 5.69 Å². The lowest BCUT2D eigenvalue weighted by molar-refractivity contribution is -0.115. The predicted octanol–water partition coefficient (Wildman–Crippen LogP) is 4.38. The summed E-state index contributed by atoms with van der Waals surface area (Å²) in [4.78, 5) is 17.7. The zero-order valence-corrected chi connectivity index (χ0v) is 18.9. The highest BCUT2D eigenvalue weighted by Gasteiger charge is 2.32. The lowest BCUT2D eigenvalue weighted by Gasteiger charge is -2.33. The van der Waals surface area contributed by atoms with Crippen LogP contribution < -0.4 is 20.4 Å². The maximum Gasteiger partial charge on any atom is 0.258 e. The minimum atomic E-state index is -0.297. The van der Waals surface area contributed by atoms with E-state index in [0.717, 1.165) is 30.0 Å². The van der Waals surface area contributed by atoms with Crippen LogP contribution in [0.1, 0.15) is 39.3 Å². The van der Waals surface area contributed by atoms with Crippen molar-refractivity contribution in [2.75, 3.05) is 29.4 Å². The lowest BCUT2D eigenvalue weighted by Crippen LogP contribution is -2.47. The Hall–Kier alpha value is -2.86. The number of carbonyl (C=O) groups excluding carboxylic acids is 1. The third-order valence-electron chi connectivity index (χ3n) is 5.48. The van der Waals surface area contributed by atoms with Crippen molar-refractivity contribution in [2.24, 2.45) is 0 Å². The molecule has 5 nitrogen and oxygen atoms in total. The highest BCUT2D eigenvalue weighted by atomic mass is 32.1. The molecule has 2 N–H and O–H groups in total. The molecule has 0 aliphatic carbocycles. The van der Waals surface area contributed by atoms with Gasteiger partial charge in [0.2, 0.25) is 0 Å². The molecule has 1 unspecified atom stereocenters. The standard InChI is InChI=1S/C24H30N4OS/c1-5-27(6-2)19-15-13-18(14-16-19)22-21(17(4)25-24(30)26-22)23(29)28(7-3)20-11-9-8-10-12-20/h8-16,22H,5-7H2,1-4H3,(H2,25,26,30). The second-order valence-corrected chi connectivity index (χ2v) is 7.63. The molecular formula is C24H30N4OS. The van der Waals surface area contributed by atoms with Gasteiger partial charge in [0, 0.05) is 36.7 Å². The Morgan fingerprint density at radius 2 is 1.57 bits per heavy atom.